The van der Waals surface area contributed by atoms with Gasteiger partial charge in [0.2, 0.25) is 0 Å². The third kappa shape index (κ3) is 2.62. The van der Waals surface area contributed by atoms with Crippen molar-refractivity contribution < 1.29 is 9.90 Å². The van der Waals surface area contributed by atoms with Crippen molar-refractivity contribution in [2.45, 2.75) is 23.9 Å². The summed E-state index contributed by atoms with van der Waals surface area (Å²) >= 11 is 2.80. The standard InChI is InChI=1S/C14H11N3O2S2/c1-7-5-8(2)17-13(10(7)14(18)19)21-12-9-3-4-20-11(9)15-6-16-12/h3-6H,1-2H3,(H,18,19). The SMILES string of the molecule is Cc1cc(C)c(C(=O)O)c(Sc2ncnc3sccc23)n1. The lowest BCUT2D eigenvalue weighted by molar-refractivity contribution is 0.0691. The molecule has 3 aromatic heterocycles. The fourth-order valence-corrected chi connectivity index (χ4v) is 3.97. The number of pyridine rings is 1. The highest BCUT2D eigenvalue weighted by molar-refractivity contribution is 7.99. The van der Waals surface area contributed by atoms with Crippen LogP contribution in [0.25, 0.3) is 10.2 Å². The number of thiophene rings is 1. The van der Waals surface area contributed by atoms with E-state index in [1.807, 2.05) is 18.4 Å². The molecular formula is C14H11N3O2S2. The number of rotatable bonds is 3. The average molecular weight is 317 g/mol. The van der Waals surface area contributed by atoms with Gasteiger partial charge in [0.25, 0.3) is 0 Å². The first kappa shape index (κ1) is 14.0. The van der Waals surface area contributed by atoms with Crippen molar-refractivity contribution in [3.8, 4) is 0 Å². The Morgan fingerprint density at radius 3 is 2.86 bits per heavy atom. The Balaban J connectivity index is 2.13. The summed E-state index contributed by atoms with van der Waals surface area (Å²) < 4.78 is 0. The molecule has 0 aliphatic rings. The van der Waals surface area contributed by atoms with E-state index < -0.39 is 5.97 Å². The van der Waals surface area contributed by atoms with Gasteiger partial charge in [-0.15, -0.1) is 11.3 Å². The zero-order chi connectivity index (χ0) is 15.0. The number of carboxylic acids is 1. The molecule has 21 heavy (non-hydrogen) atoms. The molecule has 0 spiro atoms. The summed E-state index contributed by atoms with van der Waals surface area (Å²) in [6.45, 7) is 3.63. The molecule has 0 bridgehead atoms. The summed E-state index contributed by atoms with van der Waals surface area (Å²) in [6, 6.07) is 3.71. The molecule has 0 amide bonds. The second-order valence-electron chi connectivity index (χ2n) is 4.49. The van der Waals surface area contributed by atoms with E-state index in [2.05, 4.69) is 15.0 Å². The summed E-state index contributed by atoms with van der Waals surface area (Å²) in [4.78, 5) is 25.2. The van der Waals surface area contributed by atoms with Gasteiger partial charge in [0.15, 0.2) is 0 Å². The first-order chi connectivity index (χ1) is 10.1. The molecule has 0 unspecified atom stereocenters. The van der Waals surface area contributed by atoms with Crippen LogP contribution in [0.3, 0.4) is 0 Å². The lowest BCUT2D eigenvalue weighted by atomic mass is 10.1. The van der Waals surface area contributed by atoms with Crippen LogP contribution in [0.2, 0.25) is 0 Å². The molecule has 0 aromatic carbocycles. The molecule has 106 valence electrons. The van der Waals surface area contributed by atoms with E-state index >= 15 is 0 Å². The van der Waals surface area contributed by atoms with Gasteiger partial charge >= 0.3 is 5.97 Å². The van der Waals surface area contributed by atoms with E-state index in [0.29, 0.717) is 10.6 Å². The number of aromatic nitrogens is 3. The van der Waals surface area contributed by atoms with Gasteiger partial charge in [-0.1, -0.05) is 0 Å². The van der Waals surface area contributed by atoms with Crippen LogP contribution in [0.4, 0.5) is 0 Å². The molecule has 0 aliphatic heterocycles. The molecule has 7 heteroatoms. The molecule has 3 rings (SSSR count). The molecular weight excluding hydrogens is 306 g/mol. The van der Waals surface area contributed by atoms with E-state index in [1.165, 1.54) is 29.4 Å². The first-order valence-electron chi connectivity index (χ1n) is 6.14. The fraction of sp³-hybridized carbons (Fsp3) is 0.143. The van der Waals surface area contributed by atoms with Gasteiger partial charge in [-0.25, -0.2) is 19.7 Å². The number of carboxylic acid groups (broad SMARTS) is 1. The topological polar surface area (TPSA) is 76.0 Å². The summed E-state index contributed by atoms with van der Waals surface area (Å²) in [5.74, 6) is -0.974. The number of fused-ring (bicyclic) bond motifs is 1. The molecule has 0 radical (unpaired) electrons. The van der Waals surface area contributed by atoms with Gasteiger partial charge < -0.3 is 5.11 Å². The number of carbonyl (C=O) groups is 1. The van der Waals surface area contributed by atoms with Crippen LogP contribution in [0.1, 0.15) is 21.6 Å². The first-order valence-corrected chi connectivity index (χ1v) is 7.83. The summed E-state index contributed by atoms with van der Waals surface area (Å²) in [7, 11) is 0. The third-order valence-electron chi connectivity index (χ3n) is 2.94. The Kier molecular flexibility index (Phi) is 3.60. The van der Waals surface area contributed by atoms with E-state index in [9.17, 15) is 9.90 Å². The van der Waals surface area contributed by atoms with Crippen molar-refractivity contribution in [2.24, 2.45) is 0 Å². The Labute approximate surface area is 129 Å². The van der Waals surface area contributed by atoms with E-state index in [0.717, 1.165) is 20.9 Å². The Hall–Kier alpha value is -1.99. The minimum Gasteiger partial charge on any atom is -0.478 e. The van der Waals surface area contributed by atoms with Crippen molar-refractivity contribution >= 4 is 39.3 Å². The highest BCUT2D eigenvalue weighted by Gasteiger charge is 2.18. The van der Waals surface area contributed by atoms with Gasteiger partial charge in [-0.2, -0.15) is 0 Å². The maximum absolute atomic E-state index is 11.5. The monoisotopic (exact) mass is 317 g/mol. The second-order valence-corrected chi connectivity index (χ2v) is 6.36. The molecule has 5 nitrogen and oxygen atoms in total. The quantitative estimate of drug-likeness (QED) is 0.744. The molecule has 3 aromatic rings. The van der Waals surface area contributed by atoms with Crippen molar-refractivity contribution in [3.63, 3.8) is 0 Å². The van der Waals surface area contributed by atoms with Gasteiger partial charge in [-0.05, 0) is 48.7 Å². The van der Waals surface area contributed by atoms with Gasteiger partial charge in [0.1, 0.15) is 21.2 Å². The van der Waals surface area contributed by atoms with E-state index in [4.69, 9.17) is 0 Å². The zero-order valence-corrected chi connectivity index (χ0v) is 13.0. The van der Waals surface area contributed by atoms with E-state index in [-0.39, 0.29) is 5.56 Å². The van der Waals surface area contributed by atoms with Gasteiger partial charge in [0.05, 0.1) is 5.56 Å². The highest BCUT2D eigenvalue weighted by atomic mass is 32.2. The molecule has 0 saturated carbocycles. The van der Waals surface area contributed by atoms with Crippen LogP contribution >= 0.6 is 23.1 Å². The van der Waals surface area contributed by atoms with Gasteiger partial charge in [0, 0.05) is 11.1 Å². The molecule has 0 aliphatic carbocycles. The molecule has 1 N–H and O–H groups in total. The summed E-state index contributed by atoms with van der Waals surface area (Å²) in [6.07, 6.45) is 1.49. The Morgan fingerprint density at radius 2 is 2.10 bits per heavy atom. The normalized spacial score (nSPS) is 11.0. The number of hydrogen-bond acceptors (Lipinski definition) is 6. The lowest BCUT2D eigenvalue weighted by Gasteiger charge is -2.09. The maximum atomic E-state index is 11.5. The predicted molar refractivity (Wildman–Crippen MR) is 82.2 cm³/mol. The van der Waals surface area contributed by atoms with Crippen molar-refractivity contribution in [1.82, 2.24) is 15.0 Å². The molecule has 0 atom stereocenters. The molecule has 0 saturated heterocycles. The van der Waals surface area contributed by atoms with Crippen molar-refractivity contribution in [3.05, 3.63) is 40.7 Å². The largest absolute Gasteiger partial charge is 0.478 e. The second kappa shape index (κ2) is 5.42. The number of aryl methyl sites for hydroxylation is 2. The minimum absolute atomic E-state index is 0.229. The van der Waals surface area contributed by atoms with Crippen LogP contribution < -0.4 is 0 Å². The number of aromatic carboxylic acids is 1. The van der Waals surface area contributed by atoms with Crippen LogP contribution in [0.15, 0.2) is 33.9 Å². The van der Waals surface area contributed by atoms with Crippen LogP contribution in [-0.2, 0) is 0 Å². The van der Waals surface area contributed by atoms with E-state index in [1.54, 1.807) is 13.0 Å². The number of hydrogen-bond donors (Lipinski definition) is 1. The zero-order valence-electron chi connectivity index (χ0n) is 11.3. The van der Waals surface area contributed by atoms with Crippen LogP contribution in [0.5, 0.6) is 0 Å². The molecule has 3 heterocycles. The predicted octanol–water partition coefficient (Wildman–Crippen LogP) is 3.55. The van der Waals surface area contributed by atoms with Crippen molar-refractivity contribution in [2.75, 3.05) is 0 Å². The Bertz CT molecular complexity index is 845. The lowest BCUT2D eigenvalue weighted by Crippen LogP contribution is -2.05. The molecule has 0 fully saturated rings. The highest BCUT2D eigenvalue weighted by Crippen LogP contribution is 2.34. The minimum atomic E-state index is -0.974. The summed E-state index contributed by atoms with van der Waals surface area (Å²) in [5, 5.41) is 13.5. The van der Waals surface area contributed by atoms with Crippen LogP contribution in [-0.4, -0.2) is 26.0 Å². The van der Waals surface area contributed by atoms with Gasteiger partial charge in [-0.3, -0.25) is 0 Å². The Morgan fingerprint density at radius 1 is 1.29 bits per heavy atom. The summed E-state index contributed by atoms with van der Waals surface area (Å²) in [5.41, 5.74) is 1.72. The third-order valence-corrected chi connectivity index (χ3v) is 4.77. The van der Waals surface area contributed by atoms with Crippen LogP contribution in [0, 0.1) is 13.8 Å². The average Bonchev–Trinajstić information content (AvgIpc) is 2.86. The smallest absolute Gasteiger partial charge is 0.338 e. The van der Waals surface area contributed by atoms with Crippen molar-refractivity contribution in [1.29, 1.82) is 0 Å². The maximum Gasteiger partial charge on any atom is 0.338 e. The fourth-order valence-electron chi connectivity index (χ4n) is 2.08. The number of nitrogens with zero attached hydrogens (tertiary/aromatic N) is 3.